The van der Waals surface area contributed by atoms with Crippen molar-refractivity contribution in [1.29, 1.82) is 0 Å². The highest BCUT2D eigenvalue weighted by Crippen LogP contribution is 2.33. The molecule has 0 aliphatic rings. The lowest BCUT2D eigenvalue weighted by atomic mass is 10.3. The molecule has 0 spiro atoms. The van der Waals surface area contributed by atoms with Gasteiger partial charge in [-0.3, -0.25) is 0 Å². The molecule has 90 valence electrons. The van der Waals surface area contributed by atoms with Gasteiger partial charge in [0.2, 0.25) is 0 Å². The van der Waals surface area contributed by atoms with Crippen molar-refractivity contribution in [3.05, 3.63) is 51.6 Å². The molecular weight excluding hydrogens is 328 g/mol. The molecule has 2 nitrogen and oxygen atoms in total. The second kappa shape index (κ2) is 5.22. The number of rotatable bonds is 3. The third-order valence-corrected chi connectivity index (χ3v) is 4.76. The van der Waals surface area contributed by atoms with Crippen LogP contribution in [0.25, 0.3) is 10.6 Å². The molecule has 1 N–H and O–H groups in total. The highest BCUT2D eigenvalue weighted by Gasteiger charge is 2.06. The molecule has 2 aromatic heterocycles. The summed E-state index contributed by atoms with van der Waals surface area (Å²) in [5.74, 6) is 0. The Morgan fingerprint density at radius 3 is 2.61 bits per heavy atom. The number of nitrogens with one attached hydrogen (secondary N) is 1. The lowest BCUT2D eigenvalue weighted by Crippen LogP contribution is -1.88. The van der Waals surface area contributed by atoms with Crippen LogP contribution in [0.2, 0.25) is 0 Å². The van der Waals surface area contributed by atoms with Crippen molar-refractivity contribution in [2.75, 3.05) is 5.32 Å². The van der Waals surface area contributed by atoms with Crippen molar-refractivity contribution < 1.29 is 0 Å². The van der Waals surface area contributed by atoms with E-state index in [1.54, 1.807) is 22.7 Å². The zero-order valence-electron chi connectivity index (χ0n) is 9.26. The van der Waals surface area contributed by atoms with E-state index in [1.807, 2.05) is 36.4 Å². The molecule has 2 heterocycles. The first kappa shape index (κ1) is 11.9. The van der Waals surface area contributed by atoms with E-state index >= 15 is 0 Å². The van der Waals surface area contributed by atoms with E-state index in [1.165, 1.54) is 4.88 Å². The summed E-state index contributed by atoms with van der Waals surface area (Å²) in [5.41, 5.74) is 2.08. The highest BCUT2D eigenvalue weighted by atomic mass is 79.9. The van der Waals surface area contributed by atoms with Gasteiger partial charge in [-0.05, 0) is 40.2 Å². The van der Waals surface area contributed by atoms with Gasteiger partial charge in [-0.25, -0.2) is 4.98 Å². The number of benzene rings is 1. The van der Waals surface area contributed by atoms with E-state index in [2.05, 4.69) is 37.7 Å². The standard InChI is InChI=1S/C13H9BrN2S2/c14-12-7-6-11(18-12)10-8-17-13(16-10)15-9-4-2-1-3-5-9/h1-8H,(H,15,16). The number of nitrogens with zero attached hydrogens (tertiary/aromatic N) is 1. The second-order valence-corrected chi connectivity index (χ2v) is 6.95. The summed E-state index contributed by atoms with van der Waals surface area (Å²) >= 11 is 6.78. The normalized spacial score (nSPS) is 10.5. The van der Waals surface area contributed by atoms with Gasteiger partial charge in [-0.2, -0.15) is 0 Å². The molecule has 0 atom stereocenters. The number of aromatic nitrogens is 1. The number of thiophene rings is 1. The number of anilines is 2. The smallest absolute Gasteiger partial charge is 0.187 e. The summed E-state index contributed by atoms with van der Waals surface area (Å²) in [7, 11) is 0. The van der Waals surface area contributed by atoms with Gasteiger partial charge in [0, 0.05) is 11.1 Å². The highest BCUT2D eigenvalue weighted by molar-refractivity contribution is 9.11. The number of hydrogen-bond acceptors (Lipinski definition) is 4. The lowest BCUT2D eigenvalue weighted by Gasteiger charge is -2.00. The van der Waals surface area contributed by atoms with Crippen LogP contribution >= 0.6 is 38.6 Å². The van der Waals surface area contributed by atoms with Crippen molar-refractivity contribution in [1.82, 2.24) is 4.98 Å². The van der Waals surface area contributed by atoms with Crippen LogP contribution in [0.5, 0.6) is 0 Å². The van der Waals surface area contributed by atoms with E-state index in [0.717, 1.165) is 20.3 Å². The number of halogens is 1. The zero-order valence-corrected chi connectivity index (χ0v) is 12.5. The van der Waals surface area contributed by atoms with E-state index < -0.39 is 0 Å². The molecule has 18 heavy (non-hydrogen) atoms. The largest absolute Gasteiger partial charge is 0.332 e. The average Bonchev–Trinajstić information content (AvgIpc) is 2.99. The monoisotopic (exact) mass is 336 g/mol. The summed E-state index contributed by atoms with van der Waals surface area (Å²) < 4.78 is 1.13. The van der Waals surface area contributed by atoms with Crippen molar-refractivity contribution in [2.45, 2.75) is 0 Å². The molecule has 3 aromatic rings. The zero-order chi connectivity index (χ0) is 12.4. The fraction of sp³-hybridized carbons (Fsp3) is 0. The Bertz CT molecular complexity index is 646. The summed E-state index contributed by atoms with van der Waals surface area (Å²) in [5, 5.41) is 6.29. The van der Waals surface area contributed by atoms with Crippen molar-refractivity contribution >= 4 is 49.4 Å². The summed E-state index contributed by atoms with van der Waals surface area (Å²) in [6.07, 6.45) is 0. The van der Waals surface area contributed by atoms with Gasteiger partial charge < -0.3 is 5.32 Å². The van der Waals surface area contributed by atoms with E-state index in [4.69, 9.17) is 0 Å². The second-order valence-electron chi connectivity index (χ2n) is 3.63. The Morgan fingerprint density at radius 2 is 1.89 bits per heavy atom. The van der Waals surface area contributed by atoms with Crippen LogP contribution in [0.4, 0.5) is 10.8 Å². The quantitative estimate of drug-likeness (QED) is 0.694. The van der Waals surface area contributed by atoms with E-state index in [-0.39, 0.29) is 0 Å². The van der Waals surface area contributed by atoms with Crippen LogP contribution in [-0.4, -0.2) is 4.98 Å². The van der Waals surface area contributed by atoms with Gasteiger partial charge in [0.25, 0.3) is 0 Å². The van der Waals surface area contributed by atoms with E-state index in [0.29, 0.717) is 0 Å². The predicted octanol–water partition coefficient (Wildman–Crippen LogP) is 5.38. The Labute approximate surface area is 121 Å². The van der Waals surface area contributed by atoms with Crippen LogP contribution in [0, 0.1) is 0 Å². The lowest BCUT2D eigenvalue weighted by molar-refractivity contribution is 1.40. The number of thiazole rings is 1. The van der Waals surface area contributed by atoms with Crippen LogP contribution in [0.3, 0.4) is 0 Å². The third-order valence-electron chi connectivity index (χ3n) is 2.35. The van der Waals surface area contributed by atoms with Crippen LogP contribution < -0.4 is 5.32 Å². The minimum atomic E-state index is 0.917. The van der Waals surface area contributed by atoms with Gasteiger partial charge in [0.15, 0.2) is 5.13 Å². The van der Waals surface area contributed by atoms with Gasteiger partial charge in [0.1, 0.15) is 0 Å². The molecule has 0 amide bonds. The molecule has 0 bridgehead atoms. The van der Waals surface area contributed by atoms with Crippen molar-refractivity contribution in [3.63, 3.8) is 0 Å². The third kappa shape index (κ3) is 2.63. The van der Waals surface area contributed by atoms with E-state index in [9.17, 15) is 0 Å². The molecule has 1 aromatic carbocycles. The number of hydrogen-bond donors (Lipinski definition) is 1. The first-order valence-electron chi connectivity index (χ1n) is 5.34. The average molecular weight is 337 g/mol. The molecule has 0 aliphatic heterocycles. The topological polar surface area (TPSA) is 24.9 Å². The maximum atomic E-state index is 4.59. The maximum absolute atomic E-state index is 4.59. The molecule has 0 saturated heterocycles. The molecule has 0 aliphatic carbocycles. The maximum Gasteiger partial charge on any atom is 0.187 e. The van der Waals surface area contributed by atoms with Crippen LogP contribution in [0.1, 0.15) is 0 Å². The molecular formula is C13H9BrN2S2. The number of para-hydroxylation sites is 1. The summed E-state index contributed by atoms with van der Waals surface area (Å²) in [4.78, 5) is 5.77. The van der Waals surface area contributed by atoms with Crippen LogP contribution in [-0.2, 0) is 0 Å². The SMILES string of the molecule is Brc1ccc(-c2csc(Nc3ccccc3)n2)s1. The first-order valence-corrected chi connectivity index (χ1v) is 7.83. The van der Waals surface area contributed by atoms with Gasteiger partial charge >= 0.3 is 0 Å². The minimum absolute atomic E-state index is 0.917. The van der Waals surface area contributed by atoms with Gasteiger partial charge in [0.05, 0.1) is 14.4 Å². The first-order chi connectivity index (χ1) is 8.81. The summed E-state index contributed by atoms with van der Waals surface area (Å²) in [6.45, 7) is 0. The fourth-order valence-electron chi connectivity index (χ4n) is 1.54. The Morgan fingerprint density at radius 1 is 1.06 bits per heavy atom. The van der Waals surface area contributed by atoms with Crippen molar-refractivity contribution in [2.24, 2.45) is 0 Å². The van der Waals surface area contributed by atoms with Gasteiger partial charge in [-0.15, -0.1) is 22.7 Å². The van der Waals surface area contributed by atoms with Crippen LogP contribution in [0.15, 0.2) is 51.6 Å². The summed E-state index contributed by atoms with van der Waals surface area (Å²) in [6, 6.07) is 14.2. The molecule has 0 fully saturated rings. The molecule has 0 saturated carbocycles. The predicted molar refractivity (Wildman–Crippen MR) is 82.9 cm³/mol. The molecule has 3 rings (SSSR count). The molecule has 0 radical (unpaired) electrons. The molecule has 0 unspecified atom stereocenters. The Hall–Kier alpha value is -1.17. The Kier molecular flexibility index (Phi) is 3.45. The minimum Gasteiger partial charge on any atom is -0.332 e. The molecule has 5 heteroatoms. The Balaban J connectivity index is 1.82. The van der Waals surface area contributed by atoms with Crippen molar-refractivity contribution in [3.8, 4) is 10.6 Å². The fourth-order valence-corrected chi connectivity index (χ4v) is 3.69. The van der Waals surface area contributed by atoms with Gasteiger partial charge in [-0.1, -0.05) is 18.2 Å².